The van der Waals surface area contributed by atoms with Crippen LogP contribution in [-0.2, 0) is 14.3 Å². The molecular weight excluding hydrogens is 449 g/mol. The fraction of sp³-hybridized carbons (Fsp3) is 0.824. The molecule has 0 aliphatic carbocycles. The molecule has 2 fully saturated rings. The number of ether oxygens (including phenoxy) is 1. The standard InChI is InChI=1S/C17H31N5O3.HI/c1-4-15(23)22-8-5-14(12-22)20-17(18-11-16(24)21(2)3)19-13-6-9-25-10-7-13;/h13-14H,4-12H2,1-3H3,(H2,18,19,20);1H. The van der Waals surface area contributed by atoms with E-state index in [1.807, 2.05) is 11.8 Å². The lowest BCUT2D eigenvalue weighted by Crippen LogP contribution is -2.50. The number of rotatable bonds is 5. The SMILES string of the molecule is CCC(=O)N1CCC(NC(=NCC(=O)N(C)C)NC2CCOCC2)C1.I. The summed E-state index contributed by atoms with van der Waals surface area (Å²) < 4.78 is 5.39. The fourth-order valence-electron chi connectivity index (χ4n) is 2.98. The number of aliphatic imine (C=N–C) groups is 1. The van der Waals surface area contributed by atoms with Crippen LogP contribution in [0.5, 0.6) is 0 Å². The van der Waals surface area contributed by atoms with Crippen molar-refractivity contribution in [3.8, 4) is 0 Å². The van der Waals surface area contributed by atoms with Crippen LogP contribution in [0.2, 0.25) is 0 Å². The number of likely N-dealkylation sites (tertiary alicyclic amines) is 1. The van der Waals surface area contributed by atoms with Gasteiger partial charge in [0.2, 0.25) is 11.8 Å². The summed E-state index contributed by atoms with van der Waals surface area (Å²) >= 11 is 0. The predicted molar refractivity (Wildman–Crippen MR) is 112 cm³/mol. The summed E-state index contributed by atoms with van der Waals surface area (Å²) in [6, 6.07) is 0.459. The van der Waals surface area contributed by atoms with Gasteiger partial charge in [0.15, 0.2) is 5.96 Å². The van der Waals surface area contributed by atoms with Crippen LogP contribution in [0.3, 0.4) is 0 Å². The van der Waals surface area contributed by atoms with Crippen LogP contribution in [0.4, 0.5) is 0 Å². The molecule has 1 unspecified atom stereocenters. The summed E-state index contributed by atoms with van der Waals surface area (Å²) in [5.74, 6) is 0.795. The highest BCUT2D eigenvalue weighted by molar-refractivity contribution is 14.0. The van der Waals surface area contributed by atoms with Crippen molar-refractivity contribution in [1.29, 1.82) is 0 Å². The van der Waals surface area contributed by atoms with E-state index in [4.69, 9.17) is 4.74 Å². The van der Waals surface area contributed by atoms with E-state index in [2.05, 4.69) is 15.6 Å². The number of likely N-dealkylation sites (N-methyl/N-ethyl adjacent to an activating group) is 1. The Kier molecular flexibility index (Phi) is 10.2. The molecule has 0 saturated carbocycles. The number of hydrogen-bond acceptors (Lipinski definition) is 4. The molecule has 2 amide bonds. The molecule has 0 aromatic carbocycles. The maximum Gasteiger partial charge on any atom is 0.243 e. The predicted octanol–water partition coefficient (Wildman–Crippen LogP) is 0.418. The van der Waals surface area contributed by atoms with Crippen molar-refractivity contribution in [1.82, 2.24) is 20.4 Å². The van der Waals surface area contributed by atoms with E-state index in [0.29, 0.717) is 25.0 Å². The summed E-state index contributed by atoms with van der Waals surface area (Å²) in [5.41, 5.74) is 0. The molecule has 2 rings (SSSR count). The van der Waals surface area contributed by atoms with E-state index in [1.54, 1.807) is 14.1 Å². The normalized spacial score (nSPS) is 21.1. The molecule has 0 spiro atoms. The van der Waals surface area contributed by atoms with Gasteiger partial charge in [-0.3, -0.25) is 9.59 Å². The zero-order valence-corrected chi connectivity index (χ0v) is 18.3. The molecule has 8 nitrogen and oxygen atoms in total. The quantitative estimate of drug-likeness (QED) is 0.338. The van der Waals surface area contributed by atoms with Crippen LogP contribution >= 0.6 is 24.0 Å². The average molecular weight is 481 g/mol. The van der Waals surface area contributed by atoms with Crippen LogP contribution in [0.1, 0.15) is 32.6 Å². The van der Waals surface area contributed by atoms with Crippen molar-refractivity contribution in [2.24, 2.45) is 4.99 Å². The molecule has 150 valence electrons. The molecule has 2 heterocycles. The van der Waals surface area contributed by atoms with E-state index in [-0.39, 0.29) is 48.4 Å². The number of halogens is 1. The van der Waals surface area contributed by atoms with Crippen LogP contribution < -0.4 is 10.6 Å². The van der Waals surface area contributed by atoms with Gasteiger partial charge in [0.05, 0.1) is 0 Å². The second-order valence-corrected chi connectivity index (χ2v) is 6.81. The Hall–Kier alpha value is -1.10. The molecule has 0 aromatic heterocycles. The minimum Gasteiger partial charge on any atom is -0.381 e. The van der Waals surface area contributed by atoms with Gasteiger partial charge in [-0.15, -0.1) is 24.0 Å². The van der Waals surface area contributed by atoms with Crippen molar-refractivity contribution >= 4 is 41.8 Å². The first-order chi connectivity index (χ1) is 12.0. The molecule has 0 radical (unpaired) electrons. The van der Waals surface area contributed by atoms with Gasteiger partial charge in [-0.25, -0.2) is 4.99 Å². The topological polar surface area (TPSA) is 86.3 Å². The minimum atomic E-state index is -0.0395. The van der Waals surface area contributed by atoms with Crippen LogP contribution in [0.15, 0.2) is 4.99 Å². The first-order valence-electron chi connectivity index (χ1n) is 9.12. The summed E-state index contributed by atoms with van der Waals surface area (Å²) in [5, 5.41) is 6.82. The molecule has 26 heavy (non-hydrogen) atoms. The van der Waals surface area contributed by atoms with E-state index in [1.165, 1.54) is 4.90 Å². The van der Waals surface area contributed by atoms with Crippen LogP contribution in [-0.4, -0.2) is 86.6 Å². The van der Waals surface area contributed by atoms with Gasteiger partial charge in [0, 0.05) is 58.9 Å². The van der Waals surface area contributed by atoms with Crippen molar-refractivity contribution < 1.29 is 14.3 Å². The Bertz CT molecular complexity index is 495. The molecule has 0 bridgehead atoms. The molecule has 2 N–H and O–H groups in total. The maximum absolute atomic E-state index is 11.8. The van der Waals surface area contributed by atoms with Gasteiger partial charge in [-0.2, -0.15) is 0 Å². The van der Waals surface area contributed by atoms with Gasteiger partial charge in [0.1, 0.15) is 6.54 Å². The van der Waals surface area contributed by atoms with Crippen LogP contribution in [0.25, 0.3) is 0 Å². The minimum absolute atomic E-state index is 0. The molecule has 9 heteroatoms. The Balaban J connectivity index is 0.00000338. The van der Waals surface area contributed by atoms with Gasteiger partial charge in [0.25, 0.3) is 0 Å². The van der Waals surface area contributed by atoms with E-state index in [0.717, 1.165) is 39.0 Å². The largest absolute Gasteiger partial charge is 0.381 e. The van der Waals surface area contributed by atoms with Gasteiger partial charge >= 0.3 is 0 Å². The summed E-state index contributed by atoms with van der Waals surface area (Å²) in [6.07, 6.45) is 3.27. The molecule has 0 aromatic rings. The van der Waals surface area contributed by atoms with Crippen molar-refractivity contribution in [2.45, 2.75) is 44.7 Å². The molecular formula is C17H32IN5O3. The Morgan fingerprint density at radius 1 is 1.15 bits per heavy atom. The number of nitrogens with zero attached hydrogens (tertiary/aromatic N) is 3. The third kappa shape index (κ3) is 7.26. The average Bonchev–Trinajstić information content (AvgIpc) is 3.08. The van der Waals surface area contributed by atoms with E-state index in [9.17, 15) is 9.59 Å². The van der Waals surface area contributed by atoms with Crippen molar-refractivity contribution in [3.05, 3.63) is 0 Å². The Labute approximate surface area is 173 Å². The first kappa shape index (κ1) is 22.9. The van der Waals surface area contributed by atoms with Crippen LogP contribution in [0, 0.1) is 0 Å². The highest BCUT2D eigenvalue weighted by Crippen LogP contribution is 2.11. The monoisotopic (exact) mass is 481 g/mol. The molecule has 2 saturated heterocycles. The Morgan fingerprint density at radius 3 is 2.42 bits per heavy atom. The lowest BCUT2D eigenvalue weighted by atomic mass is 10.1. The summed E-state index contributed by atoms with van der Waals surface area (Å²) in [7, 11) is 3.45. The van der Waals surface area contributed by atoms with E-state index >= 15 is 0 Å². The third-order valence-corrected chi connectivity index (χ3v) is 4.62. The zero-order chi connectivity index (χ0) is 18.2. The third-order valence-electron chi connectivity index (χ3n) is 4.62. The number of guanidine groups is 1. The lowest BCUT2D eigenvalue weighted by molar-refractivity contribution is -0.130. The first-order valence-corrected chi connectivity index (χ1v) is 9.12. The number of carbonyl (C=O) groups excluding carboxylic acids is 2. The second-order valence-electron chi connectivity index (χ2n) is 6.81. The van der Waals surface area contributed by atoms with E-state index < -0.39 is 0 Å². The lowest BCUT2D eigenvalue weighted by Gasteiger charge is -2.27. The number of amides is 2. The fourth-order valence-corrected chi connectivity index (χ4v) is 2.98. The zero-order valence-electron chi connectivity index (χ0n) is 16.0. The number of carbonyl (C=O) groups is 2. The van der Waals surface area contributed by atoms with Gasteiger partial charge in [-0.05, 0) is 19.3 Å². The maximum atomic E-state index is 11.8. The molecule has 2 aliphatic heterocycles. The number of hydrogen-bond donors (Lipinski definition) is 2. The van der Waals surface area contributed by atoms with Gasteiger partial charge < -0.3 is 25.2 Å². The molecule has 2 aliphatic rings. The van der Waals surface area contributed by atoms with Crippen molar-refractivity contribution in [3.63, 3.8) is 0 Å². The highest BCUT2D eigenvalue weighted by Gasteiger charge is 2.26. The van der Waals surface area contributed by atoms with Crippen molar-refractivity contribution in [2.75, 3.05) is 46.9 Å². The number of nitrogens with one attached hydrogen (secondary N) is 2. The second kappa shape index (κ2) is 11.6. The molecule has 1 atom stereocenters. The summed E-state index contributed by atoms with van der Waals surface area (Å²) in [4.78, 5) is 31.6. The summed E-state index contributed by atoms with van der Waals surface area (Å²) in [6.45, 7) is 4.92. The smallest absolute Gasteiger partial charge is 0.243 e. The Morgan fingerprint density at radius 2 is 1.81 bits per heavy atom. The highest BCUT2D eigenvalue weighted by atomic mass is 127. The van der Waals surface area contributed by atoms with Gasteiger partial charge in [-0.1, -0.05) is 6.92 Å².